The van der Waals surface area contributed by atoms with Crippen molar-refractivity contribution in [2.24, 2.45) is 16.1 Å². The normalized spacial score (nSPS) is 19.6. The van der Waals surface area contributed by atoms with E-state index in [-0.39, 0.29) is 17.5 Å². The van der Waals surface area contributed by atoms with Crippen LogP contribution in [0.3, 0.4) is 0 Å². The Morgan fingerprint density at radius 2 is 1.95 bits per heavy atom. The van der Waals surface area contributed by atoms with Crippen LogP contribution >= 0.6 is 0 Å². The Bertz CT molecular complexity index is 1460. The summed E-state index contributed by atoms with van der Waals surface area (Å²) < 4.78 is 81.5. The number of sulfonamides is 1. The standard InChI is InChI=1S/C26H24F4N4O3S/c1-4-18-14-17(15-20(27)23(18)33-38(3,36)37)16-25(13-11-22(31)35)12-10-21(26(28,29)30)32-24(25)34(2)19-8-6-5-7-9-19/h1,5-15,24,33H,16H2,2-3H3,(H2,31,35). The minimum absolute atomic E-state index is 0.119. The van der Waals surface area contributed by atoms with Gasteiger partial charge in [-0.2, -0.15) is 13.2 Å². The highest BCUT2D eigenvalue weighted by atomic mass is 32.2. The fourth-order valence-corrected chi connectivity index (χ4v) is 4.72. The van der Waals surface area contributed by atoms with Gasteiger partial charge in [0.15, 0.2) is 0 Å². The van der Waals surface area contributed by atoms with E-state index in [1.54, 1.807) is 30.3 Å². The first-order valence-corrected chi connectivity index (χ1v) is 12.9. The van der Waals surface area contributed by atoms with E-state index in [0.717, 1.165) is 24.5 Å². The highest BCUT2D eigenvalue weighted by molar-refractivity contribution is 7.92. The van der Waals surface area contributed by atoms with Gasteiger partial charge in [-0.1, -0.05) is 36.3 Å². The molecule has 12 heteroatoms. The van der Waals surface area contributed by atoms with E-state index >= 15 is 4.39 Å². The van der Waals surface area contributed by atoms with Crippen molar-refractivity contribution >= 4 is 33.0 Å². The zero-order chi connectivity index (χ0) is 28.3. The van der Waals surface area contributed by atoms with Gasteiger partial charge in [-0.05, 0) is 48.4 Å². The molecule has 0 radical (unpaired) electrons. The lowest BCUT2D eigenvalue weighted by molar-refractivity contribution is -0.113. The van der Waals surface area contributed by atoms with Gasteiger partial charge in [0.1, 0.15) is 17.7 Å². The molecule has 1 heterocycles. The van der Waals surface area contributed by atoms with E-state index in [1.807, 2.05) is 4.72 Å². The molecule has 1 aliphatic rings. The Morgan fingerprint density at radius 1 is 1.29 bits per heavy atom. The number of amides is 1. The van der Waals surface area contributed by atoms with Crippen LogP contribution in [0.25, 0.3) is 0 Å². The molecular weight excluding hydrogens is 524 g/mol. The van der Waals surface area contributed by atoms with Crippen molar-refractivity contribution in [3.05, 3.63) is 83.7 Å². The number of carbonyl (C=O) groups is 1. The molecule has 2 unspecified atom stereocenters. The number of nitrogens with one attached hydrogen (secondary N) is 1. The molecule has 1 aliphatic heterocycles. The van der Waals surface area contributed by atoms with Crippen LogP contribution in [0.4, 0.5) is 28.9 Å². The topological polar surface area (TPSA) is 105 Å². The summed E-state index contributed by atoms with van der Waals surface area (Å²) in [7, 11) is -2.33. The van der Waals surface area contributed by atoms with Crippen molar-refractivity contribution in [3.63, 3.8) is 0 Å². The maximum absolute atomic E-state index is 15.0. The number of hydrogen-bond acceptors (Lipinski definition) is 5. The van der Waals surface area contributed by atoms with Crippen molar-refractivity contribution in [3.8, 4) is 12.3 Å². The molecule has 3 rings (SSSR count). The fraction of sp³-hybridized carbons (Fsp3) is 0.231. The van der Waals surface area contributed by atoms with Crippen molar-refractivity contribution in [2.45, 2.75) is 18.8 Å². The maximum atomic E-state index is 15.0. The van der Waals surface area contributed by atoms with E-state index in [4.69, 9.17) is 12.2 Å². The highest BCUT2D eigenvalue weighted by Crippen LogP contribution is 2.41. The molecule has 2 atom stereocenters. The Labute approximate surface area is 217 Å². The zero-order valence-electron chi connectivity index (χ0n) is 20.3. The Morgan fingerprint density at radius 3 is 2.50 bits per heavy atom. The summed E-state index contributed by atoms with van der Waals surface area (Å²) in [6, 6.07) is 10.8. The number of alkyl halides is 3. The average Bonchev–Trinajstić information content (AvgIpc) is 2.83. The molecule has 38 heavy (non-hydrogen) atoms. The molecule has 0 saturated heterocycles. The molecule has 0 aliphatic carbocycles. The van der Waals surface area contributed by atoms with Crippen LogP contribution in [0.1, 0.15) is 11.1 Å². The van der Waals surface area contributed by atoms with Gasteiger partial charge in [0.2, 0.25) is 15.9 Å². The molecule has 2 aromatic rings. The third-order valence-electron chi connectivity index (χ3n) is 5.78. The van der Waals surface area contributed by atoms with Gasteiger partial charge in [-0.25, -0.2) is 12.8 Å². The summed E-state index contributed by atoms with van der Waals surface area (Å²) >= 11 is 0. The number of nitrogens with zero attached hydrogens (tertiary/aromatic N) is 2. The molecule has 0 bridgehead atoms. The minimum atomic E-state index is -4.76. The molecule has 0 spiro atoms. The first kappa shape index (κ1) is 28.5. The number of terminal acetylenes is 1. The molecule has 0 saturated carbocycles. The number of hydrogen-bond donors (Lipinski definition) is 2. The summed E-state index contributed by atoms with van der Waals surface area (Å²) in [4.78, 5) is 17.2. The van der Waals surface area contributed by atoms with Crippen LogP contribution in [0.15, 0.2) is 71.8 Å². The van der Waals surface area contributed by atoms with Gasteiger partial charge >= 0.3 is 6.18 Å². The number of benzene rings is 2. The second kappa shape index (κ2) is 10.7. The van der Waals surface area contributed by atoms with Crippen molar-refractivity contribution in [2.75, 3.05) is 22.9 Å². The lowest BCUT2D eigenvalue weighted by atomic mass is 9.75. The SMILES string of the molecule is C#Cc1cc(CC2(C=CC(N)=O)C=CC(C(F)(F)F)=NC2N(C)c2ccccc2)cc(F)c1NS(C)(=O)=O. The predicted molar refractivity (Wildman–Crippen MR) is 139 cm³/mol. The largest absolute Gasteiger partial charge is 0.432 e. The van der Waals surface area contributed by atoms with Crippen LogP contribution in [-0.2, 0) is 21.2 Å². The van der Waals surface area contributed by atoms with Crippen LogP contribution in [0.2, 0.25) is 0 Å². The van der Waals surface area contributed by atoms with Gasteiger partial charge in [-0.3, -0.25) is 14.5 Å². The Balaban J connectivity index is 2.21. The van der Waals surface area contributed by atoms with Gasteiger partial charge in [0.05, 0.1) is 22.9 Å². The number of rotatable bonds is 8. The zero-order valence-corrected chi connectivity index (χ0v) is 21.1. The first-order chi connectivity index (χ1) is 17.6. The Kier molecular flexibility index (Phi) is 8.02. The summed E-state index contributed by atoms with van der Waals surface area (Å²) in [6.07, 6.45) is 4.49. The predicted octanol–water partition coefficient (Wildman–Crippen LogP) is 3.78. The average molecular weight is 549 g/mol. The first-order valence-electron chi connectivity index (χ1n) is 11.0. The lowest BCUT2D eigenvalue weighted by Crippen LogP contribution is -2.48. The van der Waals surface area contributed by atoms with Crippen molar-refractivity contribution in [1.29, 1.82) is 0 Å². The summed E-state index contributed by atoms with van der Waals surface area (Å²) in [6.45, 7) is 0. The van der Waals surface area contributed by atoms with E-state index in [1.165, 1.54) is 30.2 Å². The molecule has 200 valence electrons. The monoisotopic (exact) mass is 548 g/mol. The molecular formula is C26H24F4N4O3S. The van der Waals surface area contributed by atoms with E-state index in [0.29, 0.717) is 5.69 Å². The maximum Gasteiger partial charge on any atom is 0.432 e. The third-order valence-corrected chi connectivity index (χ3v) is 6.35. The van der Waals surface area contributed by atoms with Crippen LogP contribution in [0.5, 0.6) is 0 Å². The molecule has 3 N–H and O–H groups in total. The number of nitrogens with two attached hydrogens (primary N) is 1. The van der Waals surface area contributed by atoms with Gasteiger partial charge < -0.3 is 10.6 Å². The summed E-state index contributed by atoms with van der Waals surface area (Å²) in [5, 5.41) is 0. The number of dihydropyridines is 1. The van der Waals surface area contributed by atoms with E-state index in [2.05, 4.69) is 10.9 Å². The molecule has 2 aromatic carbocycles. The van der Waals surface area contributed by atoms with Crippen LogP contribution < -0.4 is 15.4 Å². The fourth-order valence-electron chi connectivity index (χ4n) is 4.14. The Hall–Kier alpha value is -4.11. The number of primary amides is 1. The highest BCUT2D eigenvalue weighted by Gasteiger charge is 2.45. The lowest BCUT2D eigenvalue weighted by Gasteiger charge is -2.42. The third kappa shape index (κ3) is 6.60. The number of carbonyl (C=O) groups excluding carboxylic acids is 1. The quantitative estimate of drug-likeness (QED) is 0.298. The van der Waals surface area contributed by atoms with E-state index in [9.17, 15) is 26.4 Å². The summed E-state index contributed by atoms with van der Waals surface area (Å²) in [5.41, 5.74) is 2.92. The molecule has 7 nitrogen and oxygen atoms in total. The van der Waals surface area contributed by atoms with E-state index < -0.39 is 50.9 Å². The number of halogens is 4. The molecule has 0 fully saturated rings. The number of allylic oxidation sites excluding steroid dienone is 1. The van der Waals surface area contributed by atoms with Crippen LogP contribution in [-0.4, -0.2) is 45.7 Å². The molecule has 0 aromatic heterocycles. The second-order valence-electron chi connectivity index (χ2n) is 8.71. The van der Waals surface area contributed by atoms with Gasteiger partial charge in [0, 0.05) is 12.7 Å². The van der Waals surface area contributed by atoms with Gasteiger partial charge in [-0.15, -0.1) is 6.42 Å². The minimum Gasteiger partial charge on any atom is -0.366 e. The molecule has 1 amide bonds. The number of aliphatic imine (C=N–C) groups is 1. The smallest absolute Gasteiger partial charge is 0.366 e. The van der Waals surface area contributed by atoms with Crippen LogP contribution in [0, 0.1) is 23.6 Å². The second-order valence-corrected chi connectivity index (χ2v) is 10.5. The van der Waals surface area contributed by atoms with Crippen molar-refractivity contribution < 1.29 is 30.8 Å². The number of para-hydroxylation sites is 1. The van der Waals surface area contributed by atoms with Crippen molar-refractivity contribution in [1.82, 2.24) is 0 Å². The summed E-state index contributed by atoms with van der Waals surface area (Å²) in [5.74, 6) is 0.384. The number of anilines is 2. The van der Waals surface area contributed by atoms with Gasteiger partial charge in [0.25, 0.3) is 0 Å².